The smallest absolute Gasteiger partial charge is 0.330 e. The van der Waals surface area contributed by atoms with Gasteiger partial charge in [0.2, 0.25) is 5.78 Å². The predicted molar refractivity (Wildman–Crippen MR) is 152 cm³/mol. The van der Waals surface area contributed by atoms with E-state index in [1.165, 1.54) is 18.1 Å². The van der Waals surface area contributed by atoms with Crippen LogP contribution in [-0.2, 0) is 32.5 Å². The van der Waals surface area contributed by atoms with Gasteiger partial charge in [-0.25, -0.2) is 9.29 Å². The van der Waals surface area contributed by atoms with Crippen LogP contribution in [0.4, 0.5) is 14.5 Å². The summed E-state index contributed by atoms with van der Waals surface area (Å²) in [6.45, 7) is 0.659. The van der Waals surface area contributed by atoms with Crippen LogP contribution in [-0.4, -0.2) is 64.6 Å². The van der Waals surface area contributed by atoms with Crippen molar-refractivity contribution in [2.24, 2.45) is 13.0 Å². The largest absolute Gasteiger partial charge is 0.469 e. The lowest BCUT2D eigenvalue weighted by molar-refractivity contribution is -0.252. The van der Waals surface area contributed by atoms with Crippen LogP contribution < -0.4 is 5.32 Å². The highest BCUT2D eigenvalue weighted by Gasteiger charge is 2.49. The molecule has 2 aromatic carbocycles. The Morgan fingerprint density at radius 3 is 2.50 bits per heavy atom. The third-order valence-corrected chi connectivity index (χ3v) is 8.41. The van der Waals surface area contributed by atoms with Gasteiger partial charge in [0.15, 0.2) is 5.69 Å². The van der Waals surface area contributed by atoms with Crippen molar-refractivity contribution in [3.63, 3.8) is 0 Å². The third kappa shape index (κ3) is 6.04. The second kappa shape index (κ2) is 12.4. The highest BCUT2D eigenvalue weighted by atomic mass is 35.5. The summed E-state index contributed by atoms with van der Waals surface area (Å²) in [6, 6.07) is 9.41. The number of para-hydroxylation sites is 1. The maximum atomic E-state index is 16.5. The molecule has 3 aromatic rings. The molecule has 1 amide bonds. The summed E-state index contributed by atoms with van der Waals surface area (Å²) in [4.78, 5) is 39.7. The monoisotopic (exact) mass is 602 g/mol. The van der Waals surface area contributed by atoms with E-state index in [0.29, 0.717) is 57.0 Å². The van der Waals surface area contributed by atoms with E-state index in [1.54, 1.807) is 23.9 Å². The number of ketones is 1. The molecule has 12 heteroatoms. The molecular weight excluding hydrogens is 570 g/mol. The minimum absolute atomic E-state index is 0.00484. The molecular formula is C30H33ClF2N4O5. The molecule has 42 heavy (non-hydrogen) atoms. The van der Waals surface area contributed by atoms with Gasteiger partial charge in [-0.05, 0) is 62.3 Å². The number of aryl methyl sites for hydroxylation is 1. The predicted octanol–water partition coefficient (Wildman–Crippen LogP) is 5.20. The van der Waals surface area contributed by atoms with Gasteiger partial charge in [-0.15, -0.1) is 0 Å². The van der Waals surface area contributed by atoms with E-state index in [-0.39, 0.29) is 33.9 Å². The SMILES string of the molecule is COC(=O)C1CCC(OC(F)(C(=O)Cc2cc(Cl)c(NC(=O)c3nn(C)c4ccccc34)cc2F)N2CCCC2)CC1. The molecule has 2 heterocycles. The number of ether oxygens (including phenoxy) is 2. The molecule has 2 fully saturated rings. The number of Topliss-reactive ketones (excluding diaryl/α,β-unsaturated/α-hetero) is 1. The van der Waals surface area contributed by atoms with E-state index in [0.717, 1.165) is 11.6 Å². The second-order valence-corrected chi connectivity index (χ2v) is 11.2. The lowest BCUT2D eigenvalue weighted by Crippen LogP contribution is -2.54. The average molecular weight is 603 g/mol. The molecule has 0 radical (unpaired) electrons. The number of amides is 1. The molecule has 1 N–H and O–H groups in total. The Bertz CT molecular complexity index is 1500. The van der Waals surface area contributed by atoms with E-state index >= 15 is 8.78 Å². The summed E-state index contributed by atoms with van der Waals surface area (Å²) in [6.07, 6.45) is 1.96. The van der Waals surface area contributed by atoms with Crippen molar-refractivity contribution < 1.29 is 32.6 Å². The fourth-order valence-electron chi connectivity index (χ4n) is 5.79. The first-order valence-electron chi connectivity index (χ1n) is 14.0. The van der Waals surface area contributed by atoms with Crippen molar-refractivity contribution >= 4 is 45.9 Å². The number of aromatic nitrogens is 2. The number of rotatable bonds is 9. The van der Waals surface area contributed by atoms with Gasteiger partial charge >= 0.3 is 11.9 Å². The first-order chi connectivity index (χ1) is 20.1. The van der Waals surface area contributed by atoms with Crippen LogP contribution in [0.25, 0.3) is 10.9 Å². The van der Waals surface area contributed by atoms with Crippen molar-refractivity contribution in [3.8, 4) is 0 Å². The Labute approximate surface area is 247 Å². The Morgan fingerprint density at radius 1 is 1.12 bits per heavy atom. The average Bonchev–Trinajstić information content (AvgIpc) is 3.65. The molecule has 5 rings (SSSR count). The topological polar surface area (TPSA) is 103 Å². The highest BCUT2D eigenvalue weighted by molar-refractivity contribution is 6.34. The summed E-state index contributed by atoms with van der Waals surface area (Å²) in [5.74, 6) is -5.68. The van der Waals surface area contributed by atoms with Gasteiger partial charge in [-0.3, -0.25) is 19.1 Å². The van der Waals surface area contributed by atoms with E-state index < -0.39 is 36.0 Å². The molecule has 9 nitrogen and oxygen atoms in total. The number of halogens is 3. The van der Waals surface area contributed by atoms with Gasteiger partial charge in [0, 0.05) is 31.9 Å². The van der Waals surface area contributed by atoms with Gasteiger partial charge in [0.25, 0.3) is 5.91 Å². The number of nitrogens with one attached hydrogen (secondary N) is 1. The molecule has 0 bridgehead atoms. The number of anilines is 1. The molecule has 2 aliphatic rings. The maximum Gasteiger partial charge on any atom is 0.330 e. The lowest BCUT2D eigenvalue weighted by Gasteiger charge is -2.37. The fourth-order valence-corrected chi connectivity index (χ4v) is 6.02. The molecule has 1 saturated carbocycles. The summed E-state index contributed by atoms with van der Waals surface area (Å²) in [7, 11) is 3.04. The summed E-state index contributed by atoms with van der Waals surface area (Å²) in [5, 5.41) is 7.46. The second-order valence-electron chi connectivity index (χ2n) is 10.8. The normalized spacial score (nSPS) is 20.8. The van der Waals surface area contributed by atoms with Gasteiger partial charge in [-0.2, -0.15) is 9.49 Å². The molecule has 1 aliphatic carbocycles. The van der Waals surface area contributed by atoms with Crippen molar-refractivity contribution in [1.29, 1.82) is 0 Å². The van der Waals surface area contributed by atoms with Crippen LogP contribution in [0.2, 0.25) is 5.02 Å². The number of alkyl halides is 1. The van der Waals surface area contributed by atoms with Gasteiger partial charge < -0.3 is 14.8 Å². The zero-order chi connectivity index (χ0) is 30.0. The van der Waals surface area contributed by atoms with Gasteiger partial charge in [-0.1, -0.05) is 29.8 Å². The standard InChI is InChI=1S/C30H33ClF2N4O5/c1-36-25-8-4-3-7-21(25)27(35-36)28(39)34-24-17-23(32)19(15-22(24)31)16-26(38)30(33,37-13-5-6-14-37)42-20-11-9-18(10-12-20)29(40)41-2/h3-4,7-8,15,17-18,20H,5-6,9-14,16H2,1-2H3,(H,34,39). The Hall–Kier alpha value is -3.41. The van der Waals surface area contributed by atoms with E-state index in [2.05, 4.69) is 10.4 Å². The number of carbonyl (C=O) groups is 3. The van der Waals surface area contributed by atoms with E-state index in [1.807, 2.05) is 12.1 Å². The fraction of sp³-hybridized carbons (Fsp3) is 0.467. The number of fused-ring (bicyclic) bond motifs is 1. The van der Waals surface area contributed by atoms with Crippen LogP contribution in [0.15, 0.2) is 36.4 Å². The quantitative estimate of drug-likeness (QED) is 0.265. The van der Waals surface area contributed by atoms with Crippen LogP contribution >= 0.6 is 11.6 Å². The summed E-state index contributed by atoms with van der Waals surface area (Å²) in [5.41, 5.74) is 0.773. The van der Waals surface area contributed by atoms with Gasteiger partial charge in [0.05, 0.1) is 35.4 Å². The number of methoxy groups -OCH3 is 1. The zero-order valence-electron chi connectivity index (χ0n) is 23.5. The van der Waals surface area contributed by atoms with E-state index in [9.17, 15) is 14.4 Å². The summed E-state index contributed by atoms with van der Waals surface area (Å²) >= 11 is 6.40. The van der Waals surface area contributed by atoms with Crippen LogP contribution in [0.1, 0.15) is 54.6 Å². The minimum atomic E-state index is -2.74. The highest BCUT2D eigenvalue weighted by Crippen LogP contribution is 2.35. The number of hydrogen-bond acceptors (Lipinski definition) is 7. The molecule has 1 aliphatic heterocycles. The number of esters is 1. The van der Waals surface area contributed by atoms with E-state index in [4.69, 9.17) is 21.1 Å². The van der Waals surface area contributed by atoms with Crippen LogP contribution in [0.3, 0.4) is 0 Å². The maximum absolute atomic E-state index is 16.5. The van der Waals surface area contributed by atoms with Crippen molar-refractivity contribution in [1.82, 2.24) is 14.7 Å². The van der Waals surface area contributed by atoms with Gasteiger partial charge in [0.1, 0.15) is 5.82 Å². The molecule has 1 atom stereocenters. The molecule has 224 valence electrons. The van der Waals surface area contributed by atoms with Crippen molar-refractivity contribution in [2.75, 3.05) is 25.5 Å². The van der Waals surface area contributed by atoms with Crippen LogP contribution in [0.5, 0.6) is 0 Å². The number of hydrogen-bond donors (Lipinski definition) is 1. The third-order valence-electron chi connectivity index (χ3n) is 8.10. The van der Waals surface area contributed by atoms with Crippen molar-refractivity contribution in [3.05, 3.63) is 58.5 Å². The Balaban J connectivity index is 1.31. The molecule has 1 saturated heterocycles. The zero-order valence-corrected chi connectivity index (χ0v) is 24.3. The van der Waals surface area contributed by atoms with Crippen LogP contribution in [0, 0.1) is 11.7 Å². The molecule has 1 aromatic heterocycles. The van der Waals surface area contributed by atoms with Crippen molar-refractivity contribution in [2.45, 2.75) is 57.0 Å². The number of likely N-dealkylation sites (tertiary alicyclic amines) is 1. The Kier molecular flexibility index (Phi) is 8.91. The molecule has 0 spiro atoms. The number of carbonyl (C=O) groups excluding carboxylic acids is 3. The lowest BCUT2D eigenvalue weighted by atomic mass is 9.87. The minimum Gasteiger partial charge on any atom is -0.469 e. The first-order valence-corrected chi connectivity index (χ1v) is 14.4. The Morgan fingerprint density at radius 2 is 1.81 bits per heavy atom. The molecule has 1 unspecified atom stereocenters. The number of benzene rings is 2. The summed E-state index contributed by atoms with van der Waals surface area (Å²) < 4.78 is 44.0. The number of nitrogens with zero attached hydrogens (tertiary/aromatic N) is 3. The first kappa shape index (κ1) is 30.1.